The molecule has 19 heavy (non-hydrogen) atoms. The van der Waals surface area contributed by atoms with Crippen molar-refractivity contribution in [2.45, 2.75) is 30.3 Å². The van der Waals surface area contributed by atoms with Gasteiger partial charge in [0.25, 0.3) is 0 Å². The zero-order chi connectivity index (χ0) is 14.3. The van der Waals surface area contributed by atoms with E-state index in [-0.39, 0.29) is 18.1 Å². The minimum absolute atomic E-state index is 0.00483. The minimum Gasteiger partial charge on any atom is -0.387 e. The van der Waals surface area contributed by atoms with Gasteiger partial charge in [-0.3, -0.25) is 0 Å². The fourth-order valence-corrected chi connectivity index (χ4v) is 4.14. The summed E-state index contributed by atoms with van der Waals surface area (Å²) in [5.41, 5.74) is -0.989. The van der Waals surface area contributed by atoms with Gasteiger partial charge in [-0.25, -0.2) is 12.8 Å². The summed E-state index contributed by atoms with van der Waals surface area (Å²) >= 11 is 5.58. The van der Waals surface area contributed by atoms with Crippen molar-refractivity contribution >= 4 is 21.6 Å². The predicted molar refractivity (Wildman–Crippen MR) is 70.0 cm³/mol. The number of hydrogen-bond donors (Lipinski definition) is 1. The topological polar surface area (TPSA) is 57.6 Å². The molecule has 0 amide bonds. The third-order valence-corrected chi connectivity index (χ3v) is 5.29. The molecule has 0 unspecified atom stereocenters. The highest BCUT2D eigenvalue weighted by Gasteiger charge is 2.47. The number of aliphatic hydroxyl groups is 1. The van der Waals surface area contributed by atoms with Crippen LogP contribution in [0.5, 0.6) is 0 Å². The molecule has 0 bridgehead atoms. The average Bonchev–Trinajstić information content (AvgIpc) is 2.29. The molecule has 7 heteroatoms. The van der Waals surface area contributed by atoms with Crippen molar-refractivity contribution < 1.29 is 17.9 Å². The number of benzene rings is 1. The summed E-state index contributed by atoms with van der Waals surface area (Å²) in [5.74, 6) is -0.949. The first kappa shape index (κ1) is 14.7. The molecule has 2 rings (SSSR count). The first-order chi connectivity index (χ1) is 8.80. The molecule has 0 radical (unpaired) electrons. The molecule has 4 nitrogen and oxygen atoms in total. The first-order valence-electron chi connectivity index (χ1n) is 5.97. The van der Waals surface area contributed by atoms with E-state index in [1.54, 1.807) is 0 Å². The quantitative estimate of drug-likeness (QED) is 0.926. The van der Waals surface area contributed by atoms with Crippen LogP contribution in [0.3, 0.4) is 0 Å². The van der Waals surface area contributed by atoms with Crippen LogP contribution in [0.15, 0.2) is 23.1 Å². The Morgan fingerprint density at radius 3 is 2.68 bits per heavy atom. The van der Waals surface area contributed by atoms with E-state index in [1.807, 2.05) is 6.92 Å². The molecule has 1 aromatic rings. The van der Waals surface area contributed by atoms with Gasteiger partial charge in [0.15, 0.2) is 5.82 Å². The van der Waals surface area contributed by atoms with Gasteiger partial charge in [0.1, 0.15) is 4.90 Å². The maximum Gasteiger partial charge on any atom is 0.246 e. The molecular formula is C12H15ClFNO3S. The molecule has 1 aromatic carbocycles. The van der Waals surface area contributed by atoms with Gasteiger partial charge in [-0.1, -0.05) is 31.0 Å². The summed E-state index contributed by atoms with van der Waals surface area (Å²) < 4.78 is 39.2. The van der Waals surface area contributed by atoms with Gasteiger partial charge in [-0.2, -0.15) is 4.31 Å². The Morgan fingerprint density at radius 1 is 1.47 bits per heavy atom. The van der Waals surface area contributed by atoms with E-state index in [4.69, 9.17) is 11.6 Å². The number of nitrogens with zero attached hydrogens (tertiary/aromatic N) is 1. The third-order valence-electron chi connectivity index (χ3n) is 3.19. The van der Waals surface area contributed by atoms with Gasteiger partial charge >= 0.3 is 0 Å². The van der Waals surface area contributed by atoms with Crippen LogP contribution in [0, 0.1) is 5.82 Å². The van der Waals surface area contributed by atoms with Crippen LogP contribution < -0.4 is 0 Å². The minimum atomic E-state index is -3.93. The zero-order valence-electron chi connectivity index (χ0n) is 10.4. The molecule has 1 N–H and O–H groups in total. The largest absolute Gasteiger partial charge is 0.387 e. The van der Waals surface area contributed by atoms with E-state index in [9.17, 15) is 17.9 Å². The molecule has 1 fully saturated rings. The Hall–Kier alpha value is -0.690. The first-order valence-corrected chi connectivity index (χ1v) is 7.78. The summed E-state index contributed by atoms with van der Waals surface area (Å²) in [5, 5.41) is 9.76. The maximum atomic E-state index is 13.8. The lowest BCUT2D eigenvalue weighted by Crippen LogP contribution is -2.63. The highest BCUT2D eigenvalue weighted by molar-refractivity contribution is 7.89. The molecular weight excluding hydrogens is 293 g/mol. The Bertz CT molecular complexity index is 585. The van der Waals surface area contributed by atoms with Gasteiger partial charge < -0.3 is 5.11 Å². The van der Waals surface area contributed by atoms with Crippen molar-refractivity contribution in [2.24, 2.45) is 0 Å². The molecule has 0 spiro atoms. The maximum absolute atomic E-state index is 13.8. The summed E-state index contributed by atoms with van der Waals surface area (Å²) in [6.07, 6.45) is 1.28. The second-order valence-corrected chi connectivity index (χ2v) is 7.11. The van der Waals surface area contributed by atoms with Crippen LogP contribution in [-0.4, -0.2) is 36.5 Å². The predicted octanol–water partition coefficient (Wildman–Crippen LogP) is 2.01. The Morgan fingerprint density at radius 2 is 2.11 bits per heavy atom. The lowest BCUT2D eigenvalue weighted by atomic mass is 9.92. The van der Waals surface area contributed by atoms with E-state index in [1.165, 1.54) is 18.2 Å². The van der Waals surface area contributed by atoms with E-state index in [0.29, 0.717) is 6.42 Å². The standard InChI is InChI=1S/C12H15ClFNO3S/c1-2-6-12(16)7-15(8-12)19(17,18)10-5-3-4-9(13)11(10)14/h3-5,16H,2,6-8H2,1H3. The second-order valence-electron chi connectivity index (χ2n) is 4.80. The Balaban J connectivity index is 2.24. The van der Waals surface area contributed by atoms with E-state index in [2.05, 4.69) is 0 Å². The van der Waals surface area contributed by atoms with Crippen LogP contribution in [0.4, 0.5) is 4.39 Å². The Labute approximate surface area is 116 Å². The molecule has 0 aromatic heterocycles. The zero-order valence-corrected chi connectivity index (χ0v) is 12.0. The Kier molecular flexibility index (Phi) is 3.88. The molecule has 0 aliphatic carbocycles. The van der Waals surface area contributed by atoms with Crippen LogP contribution >= 0.6 is 11.6 Å². The van der Waals surface area contributed by atoms with Crippen LogP contribution in [-0.2, 0) is 10.0 Å². The van der Waals surface area contributed by atoms with E-state index >= 15 is 0 Å². The smallest absolute Gasteiger partial charge is 0.246 e. The van der Waals surface area contributed by atoms with Gasteiger partial charge in [0.05, 0.1) is 10.6 Å². The number of rotatable bonds is 4. The lowest BCUT2D eigenvalue weighted by Gasteiger charge is -2.45. The molecule has 1 heterocycles. The van der Waals surface area contributed by atoms with Gasteiger partial charge in [0.2, 0.25) is 10.0 Å². The van der Waals surface area contributed by atoms with E-state index < -0.39 is 26.3 Å². The van der Waals surface area contributed by atoms with Crippen LogP contribution in [0.2, 0.25) is 5.02 Å². The van der Waals surface area contributed by atoms with Crippen molar-refractivity contribution in [3.8, 4) is 0 Å². The fourth-order valence-electron chi connectivity index (χ4n) is 2.23. The number of sulfonamides is 1. The number of hydrogen-bond acceptors (Lipinski definition) is 3. The molecule has 1 aliphatic heterocycles. The van der Waals surface area contributed by atoms with Crippen molar-refractivity contribution in [1.82, 2.24) is 4.31 Å². The number of β-amino-alcohol motifs (C(OH)–C–C–N with tert-alkyl or cyclic N) is 1. The van der Waals surface area contributed by atoms with Crippen molar-refractivity contribution in [3.05, 3.63) is 29.0 Å². The SMILES string of the molecule is CCCC1(O)CN(S(=O)(=O)c2cccc(Cl)c2F)C1. The highest BCUT2D eigenvalue weighted by atomic mass is 35.5. The van der Waals surface area contributed by atoms with Crippen molar-refractivity contribution in [2.75, 3.05) is 13.1 Å². The fraction of sp³-hybridized carbons (Fsp3) is 0.500. The molecule has 106 valence electrons. The van der Waals surface area contributed by atoms with E-state index in [0.717, 1.165) is 10.7 Å². The monoisotopic (exact) mass is 307 g/mol. The summed E-state index contributed by atoms with van der Waals surface area (Å²) in [7, 11) is -3.93. The average molecular weight is 308 g/mol. The van der Waals surface area contributed by atoms with Gasteiger partial charge in [-0.15, -0.1) is 0 Å². The lowest BCUT2D eigenvalue weighted by molar-refractivity contribution is -0.0653. The van der Waals surface area contributed by atoms with Crippen LogP contribution in [0.1, 0.15) is 19.8 Å². The molecule has 0 atom stereocenters. The third kappa shape index (κ3) is 2.63. The van der Waals surface area contributed by atoms with Crippen molar-refractivity contribution in [1.29, 1.82) is 0 Å². The number of halogens is 2. The van der Waals surface area contributed by atoms with Gasteiger partial charge in [0, 0.05) is 13.1 Å². The summed E-state index contributed by atoms with van der Waals surface area (Å²) in [6.45, 7) is 1.90. The van der Waals surface area contributed by atoms with Crippen LogP contribution in [0.25, 0.3) is 0 Å². The highest BCUT2D eigenvalue weighted by Crippen LogP contribution is 2.33. The normalized spacial score (nSPS) is 19.2. The summed E-state index contributed by atoms with van der Waals surface area (Å²) in [4.78, 5) is -0.446. The molecule has 1 aliphatic rings. The second kappa shape index (κ2) is 5.01. The summed E-state index contributed by atoms with van der Waals surface area (Å²) in [6, 6.07) is 3.85. The van der Waals surface area contributed by atoms with Gasteiger partial charge in [-0.05, 0) is 18.6 Å². The van der Waals surface area contributed by atoms with Crippen molar-refractivity contribution in [3.63, 3.8) is 0 Å². The molecule has 1 saturated heterocycles. The molecule has 0 saturated carbocycles.